The van der Waals surface area contributed by atoms with Crippen molar-refractivity contribution in [1.82, 2.24) is 15.5 Å². The molecule has 6 nitrogen and oxygen atoms in total. The Bertz CT molecular complexity index is 369. The van der Waals surface area contributed by atoms with E-state index < -0.39 is 11.9 Å². The molecule has 2 unspecified atom stereocenters. The van der Waals surface area contributed by atoms with Gasteiger partial charge in [0.2, 0.25) is 0 Å². The molecule has 2 atom stereocenters. The van der Waals surface area contributed by atoms with Crippen molar-refractivity contribution in [2.45, 2.75) is 57.5 Å². The highest BCUT2D eigenvalue weighted by Gasteiger charge is 2.33. The number of amides is 2. The number of nitrogens with zero attached hydrogens (tertiary/aromatic N) is 1. The molecule has 21 heavy (non-hydrogen) atoms. The Morgan fingerprint density at radius 1 is 1.19 bits per heavy atom. The van der Waals surface area contributed by atoms with Crippen LogP contribution in [0.5, 0.6) is 0 Å². The molecule has 0 radical (unpaired) electrons. The molecule has 0 bridgehead atoms. The summed E-state index contributed by atoms with van der Waals surface area (Å²) >= 11 is 0. The average Bonchev–Trinajstić information content (AvgIpc) is 2.49. The summed E-state index contributed by atoms with van der Waals surface area (Å²) in [5.74, 6) is -1.22. The van der Waals surface area contributed by atoms with E-state index >= 15 is 0 Å². The smallest absolute Gasteiger partial charge is 0.317 e. The summed E-state index contributed by atoms with van der Waals surface area (Å²) < 4.78 is 0. The van der Waals surface area contributed by atoms with E-state index in [0.29, 0.717) is 13.0 Å². The first kappa shape index (κ1) is 16.1. The summed E-state index contributed by atoms with van der Waals surface area (Å²) in [7, 11) is 0. The van der Waals surface area contributed by atoms with Crippen molar-refractivity contribution in [2.75, 3.05) is 19.6 Å². The Hall–Kier alpha value is -1.30. The van der Waals surface area contributed by atoms with Crippen LogP contribution in [0.1, 0.15) is 45.4 Å². The molecule has 1 saturated heterocycles. The fourth-order valence-corrected chi connectivity index (χ4v) is 3.53. The Labute approximate surface area is 126 Å². The van der Waals surface area contributed by atoms with Gasteiger partial charge in [-0.15, -0.1) is 0 Å². The van der Waals surface area contributed by atoms with E-state index in [2.05, 4.69) is 10.6 Å². The molecule has 2 rings (SSSR count). The van der Waals surface area contributed by atoms with Crippen molar-refractivity contribution in [3.8, 4) is 0 Å². The number of hydrogen-bond donors (Lipinski definition) is 3. The first-order valence-corrected chi connectivity index (χ1v) is 8.14. The summed E-state index contributed by atoms with van der Waals surface area (Å²) in [6.07, 6.45) is 5.30. The fraction of sp³-hybridized carbons (Fsp3) is 0.867. The van der Waals surface area contributed by atoms with Crippen LogP contribution in [0.25, 0.3) is 0 Å². The maximum absolute atomic E-state index is 12.5. The number of urea groups is 1. The van der Waals surface area contributed by atoms with Gasteiger partial charge in [-0.3, -0.25) is 4.79 Å². The largest absolute Gasteiger partial charge is 0.481 e. The van der Waals surface area contributed by atoms with Crippen LogP contribution in [0.4, 0.5) is 4.79 Å². The molecule has 2 fully saturated rings. The summed E-state index contributed by atoms with van der Waals surface area (Å²) in [6.45, 7) is 4.53. The van der Waals surface area contributed by atoms with Crippen molar-refractivity contribution in [1.29, 1.82) is 0 Å². The Morgan fingerprint density at radius 2 is 1.86 bits per heavy atom. The molecule has 120 valence electrons. The van der Waals surface area contributed by atoms with Crippen LogP contribution in [-0.4, -0.2) is 53.7 Å². The van der Waals surface area contributed by atoms with Gasteiger partial charge in [-0.05, 0) is 45.7 Å². The predicted molar refractivity (Wildman–Crippen MR) is 80.2 cm³/mol. The number of piperidine rings is 1. The second-order valence-electron chi connectivity index (χ2n) is 6.05. The second kappa shape index (κ2) is 7.64. The Kier molecular flexibility index (Phi) is 5.85. The maximum atomic E-state index is 12.5. The summed E-state index contributed by atoms with van der Waals surface area (Å²) in [5.41, 5.74) is 0. The van der Waals surface area contributed by atoms with Gasteiger partial charge in [0.05, 0.1) is 5.92 Å². The zero-order valence-corrected chi connectivity index (χ0v) is 12.8. The molecule has 0 aromatic rings. The van der Waals surface area contributed by atoms with Crippen molar-refractivity contribution < 1.29 is 14.7 Å². The van der Waals surface area contributed by atoms with E-state index in [4.69, 9.17) is 0 Å². The minimum absolute atomic E-state index is 0.0949. The molecular weight excluding hydrogens is 270 g/mol. The molecule has 2 aliphatic rings. The van der Waals surface area contributed by atoms with E-state index in [1.807, 2.05) is 11.8 Å². The van der Waals surface area contributed by atoms with E-state index in [0.717, 1.165) is 45.2 Å². The predicted octanol–water partition coefficient (Wildman–Crippen LogP) is 1.41. The highest BCUT2D eigenvalue weighted by molar-refractivity contribution is 5.77. The zero-order valence-electron chi connectivity index (χ0n) is 12.8. The Morgan fingerprint density at radius 3 is 2.48 bits per heavy atom. The van der Waals surface area contributed by atoms with E-state index in [1.165, 1.54) is 0 Å². The minimum Gasteiger partial charge on any atom is -0.481 e. The van der Waals surface area contributed by atoms with Crippen LogP contribution in [0.2, 0.25) is 0 Å². The maximum Gasteiger partial charge on any atom is 0.317 e. The first-order valence-electron chi connectivity index (χ1n) is 8.14. The SMILES string of the molecule is CCN(C(=O)NC1CCCCC1C(=O)O)C1CCNCC1. The van der Waals surface area contributed by atoms with Gasteiger partial charge in [-0.2, -0.15) is 0 Å². The van der Waals surface area contributed by atoms with E-state index in [9.17, 15) is 14.7 Å². The third-order valence-electron chi connectivity index (χ3n) is 4.74. The molecule has 6 heteroatoms. The Balaban J connectivity index is 1.95. The normalized spacial score (nSPS) is 27.1. The van der Waals surface area contributed by atoms with Crippen molar-refractivity contribution in [3.63, 3.8) is 0 Å². The van der Waals surface area contributed by atoms with Crippen LogP contribution >= 0.6 is 0 Å². The van der Waals surface area contributed by atoms with Crippen LogP contribution in [-0.2, 0) is 4.79 Å². The summed E-state index contributed by atoms with van der Waals surface area (Å²) in [6, 6.07) is -0.0508. The first-order chi connectivity index (χ1) is 10.1. The third kappa shape index (κ3) is 4.09. The van der Waals surface area contributed by atoms with E-state index in [-0.39, 0.29) is 18.1 Å². The molecule has 1 aliphatic heterocycles. The number of rotatable bonds is 4. The molecule has 0 aromatic carbocycles. The van der Waals surface area contributed by atoms with Crippen molar-refractivity contribution in [3.05, 3.63) is 0 Å². The van der Waals surface area contributed by atoms with E-state index in [1.54, 1.807) is 0 Å². The molecule has 0 spiro atoms. The lowest BCUT2D eigenvalue weighted by Crippen LogP contribution is -2.54. The summed E-state index contributed by atoms with van der Waals surface area (Å²) in [4.78, 5) is 25.7. The number of carbonyl (C=O) groups excluding carboxylic acids is 1. The van der Waals surface area contributed by atoms with Crippen LogP contribution in [0.15, 0.2) is 0 Å². The molecule has 1 saturated carbocycles. The molecule has 1 heterocycles. The molecule has 2 amide bonds. The van der Waals surface area contributed by atoms with Crippen molar-refractivity contribution >= 4 is 12.0 Å². The molecule has 0 aromatic heterocycles. The standard InChI is InChI=1S/C15H27N3O3/c1-2-18(11-7-9-16-10-8-11)15(21)17-13-6-4-3-5-12(13)14(19)20/h11-13,16H,2-10H2,1H3,(H,17,21)(H,19,20). The van der Waals surface area contributed by atoms with Gasteiger partial charge in [0.15, 0.2) is 0 Å². The third-order valence-corrected chi connectivity index (χ3v) is 4.74. The quantitative estimate of drug-likeness (QED) is 0.733. The zero-order chi connectivity index (χ0) is 15.2. The fourth-order valence-electron chi connectivity index (χ4n) is 3.53. The molecular formula is C15H27N3O3. The van der Waals surface area contributed by atoms with Crippen LogP contribution in [0.3, 0.4) is 0 Å². The second-order valence-corrected chi connectivity index (χ2v) is 6.05. The van der Waals surface area contributed by atoms with Gasteiger partial charge >= 0.3 is 12.0 Å². The monoisotopic (exact) mass is 297 g/mol. The lowest BCUT2D eigenvalue weighted by molar-refractivity contribution is -0.143. The number of nitrogens with one attached hydrogen (secondary N) is 2. The number of hydrogen-bond acceptors (Lipinski definition) is 3. The number of carboxylic acid groups (broad SMARTS) is 1. The summed E-state index contributed by atoms with van der Waals surface area (Å²) in [5, 5.41) is 15.6. The number of carbonyl (C=O) groups is 2. The van der Waals surface area contributed by atoms with Gasteiger partial charge in [-0.25, -0.2) is 4.79 Å². The highest BCUT2D eigenvalue weighted by Crippen LogP contribution is 2.25. The van der Waals surface area contributed by atoms with Gasteiger partial charge in [0, 0.05) is 18.6 Å². The van der Waals surface area contributed by atoms with Crippen LogP contribution < -0.4 is 10.6 Å². The van der Waals surface area contributed by atoms with Crippen molar-refractivity contribution in [2.24, 2.45) is 5.92 Å². The van der Waals surface area contributed by atoms with Gasteiger partial charge < -0.3 is 20.6 Å². The van der Waals surface area contributed by atoms with Gasteiger partial charge in [0.25, 0.3) is 0 Å². The average molecular weight is 297 g/mol. The highest BCUT2D eigenvalue weighted by atomic mass is 16.4. The molecule has 1 aliphatic carbocycles. The van der Waals surface area contributed by atoms with Gasteiger partial charge in [0.1, 0.15) is 0 Å². The number of carboxylic acids is 1. The minimum atomic E-state index is -0.787. The number of aliphatic carboxylic acids is 1. The molecule has 3 N–H and O–H groups in total. The lowest BCUT2D eigenvalue weighted by atomic mass is 9.84. The lowest BCUT2D eigenvalue weighted by Gasteiger charge is -2.36. The topological polar surface area (TPSA) is 81.7 Å². The van der Waals surface area contributed by atoms with Gasteiger partial charge in [-0.1, -0.05) is 12.8 Å². The van der Waals surface area contributed by atoms with Crippen LogP contribution in [0, 0.1) is 5.92 Å².